The van der Waals surface area contributed by atoms with E-state index in [4.69, 9.17) is 5.11 Å². The molecule has 0 bridgehead atoms. The van der Waals surface area contributed by atoms with Crippen molar-refractivity contribution in [1.82, 2.24) is 5.32 Å². The third-order valence-electron chi connectivity index (χ3n) is 2.49. The predicted molar refractivity (Wildman–Crippen MR) is 53.4 cm³/mol. The molecule has 0 spiro atoms. The number of rotatable bonds is 6. The van der Waals surface area contributed by atoms with E-state index in [2.05, 4.69) is 12.2 Å². The average molecular weight is 187 g/mol. The van der Waals surface area contributed by atoms with Crippen LogP contribution in [0.4, 0.5) is 0 Å². The number of aliphatic hydroxyl groups excluding tert-OH is 1. The van der Waals surface area contributed by atoms with Crippen molar-refractivity contribution < 1.29 is 9.90 Å². The van der Waals surface area contributed by atoms with Gasteiger partial charge in [0.2, 0.25) is 5.91 Å². The van der Waals surface area contributed by atoms with Gasteiger partial charge in [-0.3, -0.25) is 4.79 Å². The molecule has 0 aromatic heterocycles. The Morgan fingerprint density at radius 1 is 1.46 bits per heavy atom. The van der Waals surface area contributed by atoms with Crippen LogP contribution in [0.1, 0.15) is 40.0 Å². The van der Waals surface area contributed by atoms with Gasteiger partial charge in [-0.05, 0) is 19.8 Å². The second-order valence-corrected chi connectivity index (χ2v) is 3.68. The number of nitrogens with one attached hydrogen (secondary N) is 1. The molecule has 0 aromatic carbocycles. The van der Waals surface area contributed by atoms with Crippen molar-refractivity contribution in [3.05, 3.63) is 0 Å². The van der Waals surface area contributed by atoms with E-state index in [-0.39, 0.29) is 12.5 Å². The summed E-state index contributed by atoms with van der Waals surface area (Å²) in [4.78, 5) is 11.5. The third kappa shape index (κ3) is 3.77. The van der Waals surface area contributed by atoms with Gasteiger partial charge in [0.25, 0.3) is 0 Å². The van der Waals surface area contributed by atoms with E-state index < -0.39 is 5.41 Å². The van der Waals surface area contributed by atoms with Crippen LogP contribution in [-0.4, -0.2) is 24.2 Å². The van der Waals surface area contributed by atoms with Crippen LogP contribution < -0.4 is 5.32 Å². The molecule has 13 heavy (non-hydrogen) atoms. The van der Waals surface area contributed by atoms with Crippen LogP contribution in [0.25, 0.3) is 0 Å². The number of unbranched alkanes of at least 4 members (excludes halogenated alkanes) is 1. The van der Waals surface area contributed by atoms with Crippen LogP contribution in [-0.2, 0) is 4.79 Å². The first-order chi connectivity index (χ1) is 6.10. The molecule has 0 saturated carbocycles. The first kappa shape index (κ1) is 12.4. The number of carbonyl (C=O) groups excluding carboxylic acids is 1. The SMILES string of the molecule is CCCCNC(=O)[C@@](C)(CC)CO. The van der Waals surface area contributed by atoms with Crippen molar-refractivity contribution in [2.75, 3.05) is 13.2 Å². The third-order valence-corrected chi connectivity index (χ3v) is 2.49. The Kier molecular flexibility index (Phi) is 5.71. The average Bonchev–Trinajstić information content (AvgIpc) is 2.17. The van der Waals surface area contributed by atoms with E-state index in [9.17, 15) is 4.79 Å². The summed E-state index contributed by atoms with van der Waals surface area (Å²) in [5.74, 6) is -0.0362. The Bertz CT molecular complexity index is 153. The zero-order valence-corrected chi connectivity index (χ0v) is 8.89. The molecule has 0 aromatic rings. The second-order valence-electron chi connectivity index (χ2n) is 3.68. The maximum atomic E-state index is 11.5. The van der Waals surface area contributed by atoms with Gasteiger partial charge in [-0.15, -0.1) is 0 Å². The fourth-order valence-electron chi connectivity index (χ4n) is 0.936. The molecule has 3 nitrogen and oxygen atoms in total. The van der Waals surface area contributed by atoms with Crippen LogP contribution in [0.15, 0.2) is 0 Å². The van der Waals surface area contributed by atoms with E-state index in [1.165, 1.54) is 0 Å². The second kappa shape index (κ2) is 5.97. The van der Waals surface area contributed by atoms with Crippen molar-refractivity contribution in [1.29, 1.82) is 0 Å². The molecule has 0 aliphatic heterocycles. The zero-order chi connectivity index (χ0) is 10.3. The summed E-state index contributed by atoms with van der Waals surface area (Å²) in [6.07, 6.45) is 2.74. The lowest BCUT2D eigenvalue weighted by Gasteiger charge is -2.24. The molecule has 0 aliphatic carbocycles. The first-order valence-corrected chi connectivity index (χ1v) is 5.00. The largest absolute Gasteiger partial charge is 0.395 e. The van der Waals surface area contributed by atoms with Gasteiger partial charge in [-0.1, -0.05) is 20.3 Å². The zero-order valence-electron chi connectivity index (χ0n) is 8.89. The number of aliphatic hydroxyl groups is 1. The van der Waals surface area contributed by atoms with E-state index in [0.29, 0.717) is 13.0 Å². The minimum Gasteiger partial charge on any atom is -0.395 e. The minimum atomic E-state index is -0.603. The molecule has 0 heterocycles. The molecule has 0 aliphatic rings. The fourth-order valence-corrected chi connectivity index (χ4v) is 0.936. The Hall–Kier alpha value is -0.570. The summed E-state index contributed by atoms with van der Waals surface area (Å²) < 4.78 is 0. The molecule has 0 fully saturated rings. The molecule has 78 valence electrons. The van der Waals surface area contributed by atoms with Crippen molar-refractivity contribution in [3.8, 4) is 0 Å². The Morgan fingerprint density at radius 3 is 2.46 bits per heavy atom. The minimum absolute atomic E-state index is 0.0362. The van der Waals surface area contributed by atoms with E-state index in [0.717, 1.165) is 12.8 Å². The van der Waals surface area contributed by atoms with Gasteiger partial charge in [0, 0.05) is 6.54 Å². The van der Waals surface area contributed by atoms with Gasteiger partial charge in [0.05, 0.1) is 12.0 Å². The molecule has 0 unspecified atom stereocenters. The van der Waals surface area contributed by atoms with Crippen LogP contribution in [0.5, 0.6) is 0 Å². The van der Waals surface area contributed by atoms with Crippen molar-refractivity contribution in [2.45, 2.75) is 40.0 Å². The molecular formula is C10H21NO2. The molecule has 2 N–H and O–H groups in total. The Labute approximate surface area is 80.5 Å². The quantitative estimate of drug-likeness (QED) is 0.616. The van der Waals surface area contributed by atoms with E-state index in [1.807, 2.05) is 6.92 Å². The number of hydrogen-bond acceptors (Lipinski definition) is 2. The van der Waals surface area contributed by atoms with Crippen LogP contribution in [0, 0.1) is 5.41 Å². The van der Waals surface area contributed by atoms with Gasteiger partial charge in [-0.2, -0.15) is 0 Å². The monoisotopic (exact) mass is 187 g/mol. The smallest absolute Gasteiger partial charge is 0.228 e. The first-order valence-electron chi connectivity index (χ1n) is 5.00. The summed E-state index contributed by atoms with van der Waals surface area (Å²) in [7, 11) is 0. The van der Waals surface area contributed by atoms with E-state index in [1.54, 1.807) is 6.92 Å². The lowest BCUT2D eigenvalue weighted by atomic mass is 9.87. The van der Waals surface area contributed by atoms with Crippen LogP contribution >= 0.6 is 0 Å². The number of amides is 1. The topological polar surface area (TPSA) is 49.3 Å². The molecule has 1 atom stereocenters. The normalized spacial score (nSPS) is 15.1. The van der Waals surface area contributed by atoms with E-state index >= 15 is 0 Å². The van der Waals surface area contributed by atoms with Gasteiger partial charge < -0.3 is 10.4 Å². The highest BCUT2D eigenvalue weighted by molar-refractivity contribution is 5.82. The lowest BCUT2D eigenvalue weighted by Crippen LogP contribution is -2.41. The maximum absolute atomic E-state index is 11.5. The van der Waals surface area contributed by atoms with Crippen molar-refractivity contribution in [3.63, 3.8) is 0 Å². The van der Waals surface area contributed by atoms with Gasteiger partial charge in [-0.25, -0.2) is 0 Å². The summed E-state index contributed by atoms with van der Waals surface area (Å²) in [6.45, 7) is 6.41. The summed E-state index contributed by atoms with van der Waals surface area (Å²) in [5.41, 5.74) is -0.603. The molecule has 3 heteroatoms. The summed E-state index contributed by atoms with van der Waals surface area (Å²) in [6, 6.07) is 0. The Balaban J connectivity index is 3.92. The highest BCUT2D eigenvalue weighted by Crippen LogP contribution is 2.19. The standard InChI is InChI=1S/C10H21NO2/c1-4-6-7-11-9(13)10(3,5-2)8-12/h12H,4-8H2,1-3H3,(H,11,13)/t10-/m0/s1. The predicted octanol–water partition coefficient (Wildman–Crippen LogP) is 1.31. The fraction of sp³-hybridized carbons (Fsp3) is 0.900. The highest BCUT2D eigenvalue weighted by atomic mass is 16.3. The van der Waals surface area contributed by atoms with Crippen molar-refractivity contribution in [2.24, 2.45) is 5.41 Å². The van der Waals surface area contributed by atoms with Crippen LogP contribution in [0.2, 0.25) is 0 Å². The van der Waals surface area contributed by atoms with Gasteiger partial charge in [0.1, 0.15) is 0 Å². The summed E-state index contributed by atoms with van der Waals surface area (Å²) >= 11 is 0. The molecule has 0 saturated heterocycles. The number of carbonyl (C=O) groups is 1. The molecule has 0 radical (unpaired) electrons. The van der Waals surface area contributed by atoms with Crippen molar-refractivity contribution >= 4 is 5.91 Å². The maximum Gasteiger partial charge on any atom is 0.228 e. The van der Waals surface area contributed by atoms with Crippen LogP contribution in [0.3, 0.4) is 0 Å². The highest BCUT2D eigenvalue weighted by Gasteiger charge is 2.29. The number of hydrogen-bond donors (Lipinski definition) is 2. The molecule has 0 rings (SSSR count). The molecule has 1 amide bonds. The lowest BCUT2D eigenvalue weighted by molar-refractivity contribution is -0.132. The van der Waals surface area contributed by atoms with Gasteiger partial charge in [0.15, 0.2) is 0 Å². The molecular weight excluding hydrogens is 166 g/mol. The Morgan fingerprint density at radius 2 is 2.08 bits per heavy atom. The van der Waals surface area contributed by atoms with Gasteiger partial charge >= 0.3 is 0 Å². The summed E-state index contributed by atoms with van der Waals surface area (Å²) in [5, 5.41) is 11.9.